The molecule has 24 heavy (non-hydrogen) atoms. The first-order chi connectivity index (χ1) is 11.5. The van der Waals surface area contributed by atoms with Gasteiger partial charge >= 0.3 is 5.97 Å². The quantitative estimate of drug-likeness (QED) is 0.741. The van der Waals surface area contributed by atoms with E-state index < -0.39 is 17.7 Å². The average Bonchev–Trinajstić information content (AvgIpc) is 2.93. The number of ether oxygens (including phenoxy) is 2. The van der Waals surface area contributed by atoms with E-state index in [1.807, 2.05) is 6.92 Å². The molecule has 0 amide bonds. The molecule has 7 heteroatoms. The van der Waals surface area contributed by atoms with Crippen molar-refractivity contribution in [3.05, 3.63) is 56.6 Å². The van der Waals surface area contributed by atoms with Crippen LogP contribution in [0, 0.1) is 5.82 Å². The molecule has 0 radical (unpaired) electrons. The summed E-state index contributed by atoms with van der Waals surface area (Å²) in [4.78, 5) is 24.8. The van der Waals surface area contributed by atoms with Gasteiger partial charge < -0.3 is 14.8 Å². The molecule has 0 saturated carbocycles. The van der Waals surface area contributed by atoms with E-state index in [2.05, 4.69) is 21.2 Å². The van der Waals surface area contributed by atoms with Crippen molar-refractivity contribution in [1.82, 2.24) is 5.32 Å². The minimum absolute atomic E-state index is 0.0434. The fraction of sp³-hybridized carbons (Fsp3) is 0.294. The molecule has 3 heterocycles. The van der Waals surface area contributed by atoms with Gasteiger partial charge in [-0.3, -0.25) is 4.79 Å². The molecular weight excluding hydrogens is 381 g/mol. The van der Waals surface area contributed by atoms with Crippen LogP contribution in [0.1, 0.15) is 18.4 Å². The standard InChI is InChI=1S/C17H13BrFNO4/c1-7-16-15(12(21)6-23-7)13(8-2-3-10(19)9(18)4-8)14-11(20-16)5-24-17(14)22/h2-4,7,13,20H,5-6H2,1H3/t7-,13+/m1/s1. The van der Waals surface area contributed by atoms with Gasteiger partial charge in [-0.2, -0.15) is 0 Å². The predicted molar refractivity (Wildman–Crippen MR) is 85.4 cm³/mol. The normalized spacial score (nSPS) is 26.1. The second-order valence-corrected chi connectivity index (χ2v) is 6.76. The maximum Gasteiger partial charge on any atom is 0.337 e. The minimum atomic E-state index is -0.581. The molecule has 1 N–H and O–H groups in total. The van der Waals surface area contributed by atoms with Gasteiger partial charge in [-0.15, -0.1) is 0 Å². The molecule has 1 aromatic carbocycles. The molecule has 0 bridgehead atoms. The van der Waals surface area contributed by atoms with Crippen molar-refractivity contribution >= 4 is 27.7 Å². The summed E-state index contributed by atoms with van der Waals surface area (Å²) in [5, 5.41) is 3.14. The van der Waals surface area contributed by atoms with E-state index in [-0.39, 0.29) is 29.6 Å². The lowest BCUT2D eigenvalue weighted by atomic mass is 9.77. The fourth-order valence-electron chi connectivity index (χ4n) is 3.36. The van der Waals surface area contributed by atoms with Gasteiger partial charge in [0.05, 0.1) is 27.5 Å². The number of benzene rings is 1. The first-order valence-electron chi connectivity index (χ1n) is 7.48. The molecule has 0 fully saturated rings. The highest BCUT2D eigenvalue weighted by Gasteiger charge is 2.44. The molecule has 124 valence electrons. The Balaban J connectivity index is 1.93. The zero-order valence-corrected chi connectivity index (χ0v) is 14.3. The number of hydrogen-bond acceptors (Lipinski definition) is 5. The van der Waals surface area contributed by atoms with Crippen LogP contribution in [0.4, 0.5) is 4.39 Å². The first-order valence-corrected chi connectivity index (χ1v) is 8.27. The van der Waals surface area contributed by atoms with E-state index in [0.717, 1.165) is 0 Å². The zero-order chi connectivity index (χ0) is 17.0. The Morgan fingerprint density at radius 2 is 2.04 bits per heavy atom. The molecule has 0 aliphatic carbocycles. The van der Waals surface area contributed by atoms with Crippen molar-refractivity contribution in [2.75, 3.05) is 13.2 Å². The number of cyclic esters (lactones) is 1. The lowest BCUT2D eigenvalue weighted by Crippen LogP contribution is -2.40. The van der Waals surface area contributed by atoms with Crippen LogP contribution in [-0.4, -0.2) is 31.1 Å². The molecule has 1 aromatic rings. The fourth-order valence-corrected chi connectivity index (χ4v) is 3.76. The van der Waals surface area contributed by atoms with Gasteiger partial charge in [-0.1, -0.05) is 6.07 Å². The van der Waals surface area contributed by atoms with Crippen molar-refractivity contribution in [1.29, 1.82) is 0 Å². The van der Waals surface area contributed by atoms with Gasteiger partial charge in [0.25, 0.3) is 0 Å². The van der Waals surface area contributed by atoms with E-state index in [4.69, 9.17) is 9.47 Å². The number of rotatable bonds is 1. The van der Waals surface area contributed by atoms with Gasteiger partial charge in [-0.25, -0.2) is 9.18 Å². The van der Waals surface area contributed by atoms with Gasteiger partial charge in [-0.05, 0) is 40.5 Å². The van der Waals surface area contributed by atoms with Crippen LogP contribution in [0.5, 0.6) is 0 Å². The lowest BCUT2D eigenvalue weighted by Gasteiger charge is -2.34. The molecule has 0 aromatic heterocycles. The zero-order valence-electron chi connectivity index (χ0n) is 12.7. The molecular formula is C17H13BrFNO4. The average molecular weight is 394 g/mol. The Labute approximate surface area is 145 Å². The van der Waals surface area contributed by atoms with Crippen LogP contribution in [0.3, 0.4) is 0 Å². The van der Waals surface area contributed by atoms with E-state index >= 15 is 0 Å². The molecule has 2 atom stereocenters. The lowest BCUT2D eigenvalue weighted by molar-refractivity contribution is -0.136. The summed E-state index contributed by atoms with van der Waals surface area (Å²) in [5.41, 5.74) is 2.84. The molecule has 0 unspecified atom stereocenters. The number of carbonyl (C=O) groups excluding carboxylic acids is 2. The van der Waals surface area contributed by atoms with Crippen molar-refractivity contribution in [3.8, 4) is 0 Å². The maximum atomic E-state index is 13.6. The van der Waals surface area contributed by atoms with Crippen molar-refractivity contribution in [3.63, 3.8) is 0 Å². The van der Waals surface area contributed by atoms with E-state index in [1.165, 1.54) is 6.07 Å². The number of ketones is 1. The van der Waals surface area contributed by atoms with Crippen LogP contribution in [-0.2, 0) is 19.1 Å². The van der Waals surface area contributed by atoms with Crippen molar-refractivity contribution < 1.29 is 23.5 Å². The highest BCUT2D eigenvalue weighted by Crippen LogP contribution is 2.44. The molecule has 4 rings (SSSR count). The Kier molecular flexibility index (Phi) is 3.58. The highest BCUT2D eigenvalue weighted by molar-refractivity contribution is 9.10. The van der Waals surface area contributed by atoms with E-state index in [9.17, 15) is 14.0 Å². The Morgan fingerprint density at radius 3 is 2.79 bits per heavy atom. The topological polar surface area (TPSA) is 64.6 Å². The SMILES string of the molecule is C[C@H]1OCC(=O)C2=C1NC1=C(C(=O)OC1)[C@@H]2c1ccc(F)c(Br)c1. The molecule has 0 saturated heterocycles. The first kappa shape index (κ1) is 15.5. The minimum Gasteiger partial charge on any atom is -0.456 e. The molecule has 3 aliphatic rings. The highest BCUT2D eigenvalue weighted by atomic mass is 79.9. The number of carbonyl (C=O) groups is 2. The van der Waals surface area contributed by atoms with Gasteiger partial charge in [0.2, 0.25) is 0 Å². The number of Topliss-reactive ketones (excluding diaryl/α,β-unsaturated/α-hetero) is 1. The summed E-state index contributed by atoms with van der Waals surface area (Å²) < 4.78 is 24.5. The van der Waals surface area contributed by atoms with E-state index in [0.29, 0.717) is 28.1 Å². The molecule has 5 nitrogen and oxygen atoms in total. The monoisotopic (exact) mass is 393 g/mol. The largest absolute Gasteiger partial charge is 0.456 e. The van der Waals surface area contributed by atoms with Gasteiger partial charge in [0, 0.05) is 11.5 Å². The van der Waals surface area contributed by atoms with Gasteiger partial charge in [0.1, 0.15) is 19.0 Å². The second-order valence-electron chi connectivity index (χ2n) is 5.90. The van der Waals surface area contributed by atoms with Crippen LogP contribution >= 0.6 is 15.9 Å². The molecule has 3 aliphatic heterocycles. The number of hydrogen-bond donors (Lipinski definition) is 1. The van der Waals surface area contributed by atoms with Crippen LogP contribution in [0.25, 0.3) is 0 Å². The van der Waals surface area contributed by atoms with Crippen molar-refractivity contribution in [2.45, 2.75) is 18.9 Å². The van der Waals surface area contributed by atoms with Crippen LogP contribution in [0.15, 0.2) is 45.2 Å². The summed E-state index contributed by atoms with van der Waals surface area (Å²) in [6, 6.07) is 4.50. The summed E-state index contributed by atoms with van der Waals surface area (Å²) in [7, 11) is 0. The van der Waals surface area contributed by atoms with Gasteiger partial charge in [0.15, 0.2) is 5.78 Å². The summed E-state index contributed by atoms with van der Waals surface area (Å²) in [5.74, 6) is -1.63. The molecule has 0 spiro atoms. The van der Waals surface area contributed by atoms with Crippen LogP contribution < -0.4 is 5.32 Å². The third-order valence-electron chi connectivity index (χ3n) is 4.49. The summed E-state index contributed by atoms with van der Waals surface area (Å²) in [6.07, 6.45) is -0.297. The number of dihydropyridines is 1. The second kappa shape index (κ2) is 5.53. The van der Waals surface area contributed by atoms with Crippen molar-refractivity contribution in [2.24, 2.45) is 0 Å². The number of esters is 1. The maximum absolute atomic E-state index is 13.6. The Hall–Kier alpha value is -1.99. The summed E-state index contributed by atoms with van der Waals surface area (Å²) >= 11 is 3.17. The smallest absolute Gasteiger partial charge is 0.337 e. The third kappa shape index (κ3) is 2.22. The number of nitrogens with one attached hydrogen (secondary N) is 1. The van der Waals surface area contributed by atoms with E-state index in [1.54, 1.807) is 12.1 Å². The predicted octanol–water partition coefficient (Wildman–Crippen LogP) is 2.33. The van der Waals surface area contributed by atoms with Crippen LogP contribution in [0.2, 0.25) is 0 Å². The summed E-state index contributed by atoms with van der Waals surface area (Å²) in [6.45, 7) is 1.93. The Bertz CT molecular complexity index is 845. The third-order valence-corrected chi connectivity index (χ3v) is 5.10. The Morgan fingerprint density at radius 1 is 1.25 bits per heavy atom. The number of halogens is 2.